The van der Waals surface area contributed by atoms with Gasteiger partial charge in [-0.25, -0.2) is 4.98 Å². The van der Waals surface area contributed by atoms with E-state index in [-0.39, 0.29) is 11.9 Å². The normalized spacial score (nSPS) is 20.4. The van der Waals surface area contributed by atoms with Crippen molar-refractivity contribution in [2.24, 2.45) is 18.7 Å². The molecular formula is C16H23N5O. The first-order chi connectivity index (χ1) is 10.5. The molecule has 6 nitrogen and oxygen atoms in total. The quantitative estimate of drug-likeness (QED) is 0.911. The average molecular weight is 301 g/mol. The molecule has 1 aliphatic heterocycles. The standard InChI is InChI=1S/C16H23N5O/c1-10-7-13(14-8-18-20(3)15(14)19-10)16(22)21-6-4-5-12(9-21)11(2)17/h7-8,11-12H,4-6,9,17H2,1-3H3/t11-,12+/m1/s1. The van der Waals surface area contributed by atoms with Gasteiger partial charge in [0.05, 0.1) is 17.1 Å². The number of carbonyl (C=O) groups is 1. The Morgan fingerprint density at radius 1 is 1.50 bits per heavy atom. The molecule has 0 aromatic carbocycles. The molecule has 2 atom stereocenters. The van der Waals surface area contributed by atoms with E-state index in [1.807, 2.05) is 31.9 Å². The van der Waals surface area contributed by atoms with E-state index in [1.54, 1.807) is 10.9 Å². The predicted octanol–water partition coefficient (Wildman–Crippen LogP) is 1.48. The lowest BCUT2D eigenvalue weighted by molar-refractivity contribution is 0.0663. The highest BCUT2D eigenvalue weighted by Gasteiger charge is 2.28. The molecule has 0 spiro atoms. The van der Waals surface area contributed by atoms with Crippen LogP contribution in [0.1, 0.15) is 35.8 Å². The van der Waals surface area contributed by atoms with E-state index in [1.165, 1.54) is 0 Å². The molecule has 0 saturated carbocycles. The lowest BCUT2D eigenvalue weighted by atomic mass is 9.91. The van der Waals surface area contributed by atoms with Crippen LogP contribution in [0.3, 0.4) is 0 Å². The zero-order chi connectivity index (χ0) is 15.9. The summed E-state index contributed by atoms with van der Waals surface area (Å²) in [4.78, 5) is 19.4. The fourth-order valence-electron chi connectivity index (χ4n) is 3.21. The summed E-state index contributed by atoms with van der Waals surface area (Å²) in [7, 11) is 1.84. The minimum atomic E-state index is 0.0638. The molecule has 22 heavy (non-hydrogen) atoms. The third-order valence-corrected chi connectivity index (χ3v) is 4.55. The van der Waals surface area contributed by atoms with E-state index in [4.69, 9.17) is 5.73 Å². The number of hydrogen-bond acceptors (Lipinski definition) is 4. The van der Waals surface area contributed by atoms with Gasteiger partial charge in [0.1, 0.15) is 0 Å². The van der Waals surface area contributed by atoms with Gasteiger partial charge in [0, 0.05) is 31.9 Å². The fraction of sp³-hybridized carbons (Fsp3) is 0.562. The molecule has 1 amide bonds. The summed E-state index contributed by atoms with van der Waals surface area (Å²) in [5, 5.41) is 5.05. The summed E-state index contributed by atoms with van der Waals surface area (Å²) in [6, 6.07) is 1.98. The number of aryl methyl sites for hydroxylation is 2. The molecule has 2 N–H and O–H groups in total. The number of pyridine rings is 1. The minimum Gasteiger partial charge on any atom is -0.338 e. The Kier molecular flexibility index (Phi) is 3.87. The zero-order valence-corrected chi connectivity index (χ0v) is 13.4. The molecule has 1 saturated heterocycles. The molecule has 3 heterocycles. The van der Waals surface area contributed by atoms with Crippen molar-refractivity contribution in [3.05, 3.63) is 23.5 Å². The Hall–Kier alpha value is -1.95. The van der Waals surface area contributed by atoms with Crippen molar-refractivity contribution in [1.82, 2.24) is 19.7 Å². The van der Waals surface area contributed by atoms with Gasteiger partial charge >= 0.3 is 0 Å². The van der Waals surface area contributed by atoms with Crippen molar-refractivity contribution in [3.8, 4) is 0 Å². The van der Waals surface area contributed by atoms with Crippen LogP contribution >= 0.6 is 0 Å². The number of piperidine rings is 1. The Morgan fingerprint density at radius 3 is 3.00 bits per heavy atom. The maximum Gasteiger partial charge on any atom is 0.254 e. The molecule has 2 aromatic rings. The monoisotopic (exact) mass is 301 g/mol. The number of aromatic nitrogens is 3. The minimum absolute atomic E-state index is 0.0638. The largest absolute Gasteiger partial charge is 0.338 e. The van der Waals surface area contributed by atoms with Crippen molar-refractivity contribution in [2.45, 2.75) is 32.7 Å². The maximum absolute atomic E-state index is 13.0. The van der Waals surface area contributed by atoms with E-state index >= 15 is 0 Å². The van der Waals surface area contributed by atoms with Crippen LogP contribution in [0.2, 0.25) is 0 Å². The molecule has 0 bridgehead atoms. The fourth-order valence-corrected chi connectivity index (χ4v) is 3.21. The maximum atomic E-state index is 13.0. The number of amides is 1. The second-order valence-electron chi connectivity index (χ2n) is 6.33. The van der Waals surface area contributed by atoms with Crippen molar-refractivity contribution < 1.29 is 4.79 Å². The van der Waals surface area contributed by atoms with Crippen LogP contribution in [0.25, 0.3) is 11.0 Å². The first kappa shape index (κ1) is 15.0. The van der Waals surface area contributed by atoms with Crippen LogP contribution in [0, 0.1) is 12.8 Å². The Labute approximate surface area is 130 Å². The molecule has 0 radical (unpaired) electrons. The number of carbonyl (C=O) groups excluding carboxylic acids is 1. The van der Waals surface area contributed by atoms with E-state index in [0.717, 1.165) is 42.7 Å². The summed E-state index contributed by atoms with van der Waals surface area (Å²) in [5.41, 5.74) is 8.31. The van der Waals surface area contributed by atoms with E-state index in [0.29, 0.717) is 11.5 Å². The second-order valence-corrected chi connectivity index (χ2v) is 6.33. The third kappa shape index (κ3) is 2.59. The van der Waals surface area contributed by atoms with Gasteiger partial charge in [0.25, 0.3) is 5.91 Å². The van der Waals surface area contributed by atoms with Crippen LogP contribution in [0.4, 0.5) is 0 Å². The van der Waals surface area contributed by atoms with Crippen molar-refractivity contribution >= 4 is 16.9 Å². The molecule has 3 rings (SSSR count). The summed E-state index contributed by atoms with van der Waals surface area (Å²) < 4.78 is 1.71. The number of nitrogens with zero attached hydrogens (tertiary/aromatic N) is 4. The van der Waals surface area contributed by atoms with Gasteiger partial charge in [-0.05, 0) is 38.7 Å². The molecule has 1 aliphatic rings. The molecule has 0 aliphatic carbocycles. The highest BCUT2D eigenvalue weighted by molar-refractivity contribution is 6.05. The summed E-state index contributed by atoms with van der Waals surface area (Å²) in [5.74, 6) is 0.443. The van der Waals surface area contributed by atoms with Crippen molar-refractivity contribution in [1.29, 1.82) is 0 Å². The van der Waals surface area contributed by atoms with Gasteiger partial charge in [-0.15, -0.1) is 0 Å². The topological polar surface area (TPSA) is 77.0 Å². The Morgan fingerprint density at radius 2 is 2.27 bits per heavy atom. The number of likely N-dealkylation sites (tertiary alicyclic amines) is 1. The Balaban J connectivity index is 1.95. The summed E-state index contributed by atoms with van der Waals surface area (Å²) >= 11 is 0. The van der Waals surface area contributed by atoms with E-state index in [2.05, 4.69) is 10.1 Å². The van der Waals surface area contributed by atoms with Gasteiger partial charge in [0.15, 0.2) is 5.65 Å². The van der Waals surface area contributed by atoms with E-state index in [9.17, 15) is 4.79 Å². The SMILES string of the molecule is Cc1cc(C(=O)N2CCC[C@H]([C@@H](C)N)C2)c2cnn(C)c2n1. The predicted molar refractivity (Wildman–Crippen MR) is 85.5 cm³/mol. The highest BCUT2D eigenvalue weighted by atomic mass is 16.2. The van der Waals surface area contributed by atoms with E-state index < -0.39 is 0 Å². The summed E-state index contributed by atoms with van der Waals surface area (Å²) in [6.07, 6.45) is 3.83. The van der Waals surface area contributed by atoms with Gasteiger partial charge in [-0.1, -0.05) is 0 Å². The zero-order valence-electron chi connectivity index (χ0n) is 13.4. The van der Waals surface area contributed by atoms with Crippen LogP contribution in [0.15, 0.2) is 12.3 Å². The van der Waals surface area contributed by atoms with Crippen molar-refractivity contribution in [2.75, 3.05) is 13.1 Å². The number of fused-ring (bicyclic) bond motifs is 1. The lowest BCUT2D eigenvalue weighted by Gasteiger charge is -2.34. The molecule has 0 unspecified atom stereocenters. The number of nitrogens with two attached hydrogens (primary N) is 1. The van der Waals surface area contributed by atoms with Gasteiger partial charge < -0.3 is 10.6 Å². The van der Waals surface area contributed by atoms with Gasteiger partial charge in [-0.2, -0.15) is 5.10 Å². The van der Waals surface area contributed by atoms with Crippen LogP contribution in [0.5, 0.6) is 0 Å². The molecule has 2 aromatic heterocycles. The number of rotatable bonds is 2. The highest BCUT2D eigenvalue weighted by Crippen LogP contribution is 2.24. The lowest BCUT2D eigenvalue weighted by Crippen LogP contribution is -2.45. The number of hydrogen-bond donors (Lipinski definition) is 1. The van der Waals surface area contributed by atoms with Crippen LogP contribution < -0.4 is 5.73 Å². The molecule has 6 heteroatoms. The average Bonchev–Trinajstić information content (AvgIpc) is 2.87. The van der Waals surface area contributed by atoms with Gasteiger partial charge in [-0.3, -0.25) is 9.48 Å². The second kappa shape index (κ2) is 5.68. The third-order valence-electron chi connectivity index (χ3n) is 4.55. The summed E-state index contributed by atoms with van der Waals surface area (Å²) in [6.45, 7) is 5.46. The first-order valence-electron chi connectivity index (χ1n) is 7.81. The smallest absolute Gasteiger partial charge is 0.254 e. The Bertz CT molecular complexity index is 706. The molecule has 118 valence electrons. The molecule has 1 fully saturated rings. The van der Waals surface area contributed by atoms with Crippen LogP contribution in [-0.2, 0) is 7.05 Å². The van der Waals surface area contributed by atoms with Crippen molar-refractivity contribution in [3.63, 3.8) is 0 Å². The van der Waals surface area contributed by atoms with Gasteiger partial charge in [0.2, 0.25) is 0 Å². The van der Waals surface area contributed by atoms with Crippen LogP contribution in [-0.4, -0.2) is 44.7 Å². The molecular weight excluding hydrogens is 278 g/mol. The first-order valence-corrected chi connectivity index (χ1v) is 7.81.